The molecule has 2 aliphatic rings. The van der Waals surface area contributed by atoms with Gasteiger partial charge in [0.15, 0.2) is 0 Å². The van der Waals surface area contributed by atoms with Crippen molar-refractivity contribution >= 4 is 12.4 Å². The van der Waals surface area contributed by atoms with Gasteiger partial charge >= 0.3 is 0 Å². The summed E-state index contributed by atoms with van der Waals surface area (Å²) in [6.45, 7) is 2.54. The molecule has 0 amide bonds. The Labute approximate surface area is 110 Å². The lowest BCUT2D eigenvalue weighted by Gasteiger charge is -2.33. The SMILES string of the molecule is Cl.c1ccc(CC2CCCC3CNCC32)cc1. The van der Waals surface area contributed by atoms with Crippen LogP contribution in [0.5, 0.6) is 0 Å². The first-order valence-electron chi connectivity index (χ1n) is 6.68. The van der Waals surface area contributed by atoms with Crippen LogP contribution in [0.15, 0.2) is 30.3 Å². The molecule has 2 heteroatoms. The largest absolute Gasteiger partial charge is 0.316 e. The van der Waals surface area contributed by atoms with Crippen LogP contribution in [-0.2, 0) is 6.42 Å². The van der Waals surface area contributed by atoms with Crippen molar-refractivity contribution in [1.29, 1.82) is 0 Å². The molecule has 1 saturated carbocycles. The summed E-state index contributed by atoms with van der Waals surface area (Å²) in [7, 11) is 0. The van der Waals surface area contributed by atoms with Crippen molar-refractivity contribution in [3.05, 3.63) is 35.9 Å². The van der Waals surface area contributed by atoms with E-state index in [0.29, 0.717) is 0 Å². The molecule has 3 atom stereocenters. The van der Waals surface area contributed by atoms with Crippen LogP contribution in [0, 0.1) is 17.8 Å². The quantitative estimate of drug-likeness (QED) is 0.851. The standard InChI is InChI=1S/C15H21N.ClH/c1-2-5-12(6-3-1)9-13-7-4-8-14-10-16-11-15(13)14;/h1-3,5-6,13-16H,4,7-11H2;1H. The van der Waals surface area contributed by atoms with Gasteiger partial charge in [0.05, 0.1) is 0 Å². The zero-order valence-corrected chi connectivity index (χ0v) is 11.1. The normalized spacial score (nSPS) is 31.6. The van der Waals surface area contributed by atoms with Gasteiger partial charge in [-0.15, -0.1) is 12.4 Å². The van der Waals surface area contributed by atoms with Crippen LogP contribution in [0.1, 0.15) is 24.8 Å². The average molecular weight is 252 g/mol. The molecule has 0 spiro atoms. The number of hydrogen-bond acceptors (Lipinski definition) is 1. The molecule has 3 unspecified atom stereocenters. The van der Waals surface area contributed by atoms with Crippen molar-refractivity contribution < 1.29 is 0 Å². The van der Waals surface area contributed by atoms with Crippen LogP contribution < -0.4 is 5.32 Å². The van der Waals surface area contributed by atoms with Crippen LogP contribution in [0.2, 0.25) is 0 Å². The maximum Gasteiger partial charge on any atom is -0.00145 e. The third kappa shape index (κ3) is 2.83. The van der Waals surface area contributed by atoms with E-state index in [-0.39, 0.29) is 12.4 Å². The van der Waals surface area contributed by atoms with Gasteiger partial charge in [-0.1, -0.05) is 36.8 Å². The topological polar surface area (TPSA) is 12.0 Å². The monoisotopic (exact) mass is 251 g/mol. The van der Waals surface area contributed by atoms with Crippen LogP contribution in [0.3, 0.4) is 0 Å². The van der Waals surface area contributed by atoms with Gasteiger partial charge in [-0.05, 0) is 55.7 Å². The highest BCUT2D eigenvalue weighted by atomic mass is 35.5. The first-order chi connectivity index (χ1) is 7.93. The molecule has 1 aliphatic carbocycles. The van der Waals surface area contributed by atoms with E-state index in [1.165, 1.54) is 44.3 Å². The second-order valence-electron chi connectivity index (χ2n) is 5.46. The minimum Gasteiger partial charge on any atom is -0.316 e. The minimum absolute atomic E-state index is 0. The molecule has 17 heavy (non-hydrogen) atoms. The van der Waals surface area contributed by atoms with Crippen LogP contribution in [-0.4, -0.2) is 13.1 Å². The van der Waals surface area contributed by atoms with Crippen molar-refractivity contribution in [1.82, 2.24) is 5.32 Å². The summed E-state index contributed by atoms with van der Waals surface area (Å²) < 4.78 is 0. The van der Waals surface area contributed by atoms with E-state index in [1.54, 1.807) is 0 Å². The average Bonchev–Trinajstić information content (AvgIpc) is 2.80. The second kappa shape index (κ2) is 5.88. The maximum atomic E-state index is 3.58. The van der Waals surface area contributed by atoms with Crippen LogP contribution >= 0.6 is 12.4 Å². The van der Waals surface area contributed by atoms with E-state index in [2.05, 4.69) is 35.6 Å². The van der Waals surface area contributed by atoms with Gasteiger partial charge in [0, 0.05) is 0 Å². The summed E-state index contributed by atoms with van der Waals surface area (Å²) >= 11 is 0. The third-order valence-corrected chi connectivity index (χ3v) is 4.49. The molecular formula is C15H22ClN. The van der Waals surface area contributed by atoms with E-state index >= 15 is 0 Å². The Bertz CT molecular complexity index is 338. The van der Waals surface area contributed by atoms with Crippen molar-refractivity contribution in [2.24, 2.45) is 17.8 Å². The molecule has 94 valence electrons. The number of benzene rings is 1. The van der Waals surface area contributed by atoms with E-state index in [0.717, 1.165) is 17.8 Å². The molecule has 1 nitrogen and oxygen atoms in total. The minimum atomic E-state index is 0. The first kappa shape index (κ1) is 12.9. The van der Waals surface area contributed by atoms with E-state index < -0.39 is 0 Å². The van der Waals surface area contributed by atoms with Gasteiger partial charge in [0.1, 0.15) is 0 Å². The lowest BCUT2D eigenvalue weighted by atomic mass is 9.72. The number of hydrogen-bond donors (Lipinski definition) is 1. The molecule has 1 saturated heterocycles. The van der Waals surface area contributed by atoms with Crippen molar-refractivity contribution in [2.75, 3.05) is 13.1 Å². The summed E-state index contributed by atoms with van der Waals surface area (Å²) in [5, 5.41) is 3.58. The fourth-order valence-corrected chi connectivity index (χ4v) is 3.65. The van der Waals surface area contributed by atoms with E-state index in [9.17, 15) is 0 Å². The molecule has 2 fully saturated rings. The highest BCUT2D eigenvalue weighted by Gasteiger charge is 2.36. The predicted octanol–water partition coefficient (Wildman–Crippen LogP) is 3.29. The Hall–Kier alpha value is -0.530. The van der Waals surface area contributed by atoms with Crippen LogP contribution in [0.25, 0.3) is 0 Å². The van der Waals surface area contributed by atoms with Gasteiger partial charge in [0.25, 0.3) is 0 Å². The predicted molar refractivity (Wildman–Crippen MR) is 74.6 cm³/mol. The Morgan fingerprint density at radius 1 is 1.06 bits per heavy atom. The summed E-state index contributed by atoms with van der Waals surface area (Å²) in [6.07, 6.45) is 5.64. The zero-order chi connectivity index (χ0) is 10.8. The summed E-state index contributed by atoms with van der Waals surface area (Å²) in [4.78, 5) is 0. The Morgan fingerprint density at radius 3 is 2.71 bits per heavy atom. The molecule has 3 rings (SSSR count). The number of halogens is 1. The number of fused-ring (bicyclic) bond motifs is 1. The smallest absolute Gasteiger partial charge is 0.00145 e. The van der Waals surface area contributed by atoms with Gasteiger partial charge in [-0.3, -0.25) is 0 Å². The maximum absolute atomic E-state index is 3.58. The van der Waals surface area contributed by atoms with Gasteiger partial charge in [-0.2, -0.15) is 0 Å². The first-order valence-corrected chi connectivity index (χ1v) is 6.68. The van der Waals surface area contributed by atoms with Crippen LogP contribution in [0.4, 0.5) is 0 Å². The highest BCUT2D eigenvalue weighted by molar-refractivity contribution is 5.85. The van der Waals surface area contributed by atoms with E-state index in [1.807, 2.05) is 0 Å². The van der Waals surface area contributed by atoms with Gasteiger partial charge in [0.2, 0.25) is 0 Å². The Balaban J connectivity index is 0.00000108. The van der Waals surface area contributed by atoms with Crippen molar-refractivity contribution in [3.8, 4) is 0 Å². The molecule has 1 aromatic carbocycles. The lowest BCUT2D eigenvalue weighted by molar-refractivity contribution is 0.198. The highest BCUT2D eigenvalue weighted by Crippen LogP contribution is 2.38. The molecule has 0 aromatic heterocycles. The summed E-state index contributed by atoms with van der Waals surface area (Å²) in [6, 6.07) is 11.0. The summed E-state index contributed by atoms with van der Waals surface area (Å²) in [5.74, 6) is 2.85. The van der Waals surface area contributed by atoms with Gasteiger partial charge < -0.3 is 5.32 Å². The summed E-state index contributed by atoms with van der Waals surface area (Å²) in [5.41, 5.74) is 1.53. The molecule has 1 heterocycles. The lowest BCUT2D eigenvalue weighted by Crippen LogP contribution is -2.28. The number of nitrogens with one attached hydrogen (secondary N) is 1. The Kier molecular flexibility index (Phi) is 4.47. The molecule has 1 N–H and O–H groups in total. The fourth-order valence-electron chi connectivity index (χ4n) is 3.65. The van der Waals surface area contributed by atoms with Crippen molar-refractivity contribution in [2.45, 2.75) is 25.7 Å². The number of rotatable bonds is 2. The molecular weight excluding hydrogens is 230 g/mol. The third-order valence-electron chi connectivity index (χ3n) is 4.49. The van der Waals surface area contributed by atoms with E-state index in [4.69, 9.17) is 0 Å². The molecule has 0 radical (unpaired) electrons. The Morgan fingerprint density at radius 2 is 1.88 bits per heavy atom. The second-order valence-corrected chi connectivity index (χ2v) is 5.46. The molecule has 1 aromatic rings. The molecule has 0 bridgehead atoms. The fraction of sp³-hybridized carbons (Fsp3) is 0.600. The van der Waals surface area contributed by atoms with Gasteiger partial charge in [-0.25, -0.2) is 0 Å². The zero-order valence-electron chi connectivity index (χ0n) is 10.3. The van der Waals surface area contributed by atoms with Crippen molar-refractivity contribution in [3.63, 3.8) is 0 Å². The molecule has 1 aliphatic heterocycles.